The van der Waals surface area contributed by atoms with Crippen molar-refractivity contribution in [2.75, 3.05) is 13.1 Å². The Morgan fingerprint density at radius 3 is 2.25 bits per heavy atom. The first kappa shape index (κ1) is 16.4. The van der Waals surface area contributed by atoms with E-state index in [1.165, 1.54) is 0 Å². The van der Waals surface area contributed by atoms with Crippen LogP contribution in [-0.2, 0) is 10.0 Å². The number of nitrogens with zero attached hydrogens (tertiary/aromatic N) is 1. The zero-order valence-corrected chi connectivity index (χ0v) is 15.6. The van der Waals surface area contributed by atoms with E-state index in [4.69, 9.17) is 0 Å². The second kappa shape index (κ2) is 6.04. The molecular weight excluding hydrogens is 408 g/mol. The zero-order valence-electron chi connectivity index (χ0n) is 11.7. The van der Waals surface area contributed by atoms with Crippen molar-refractivity contribution in [2.24, 2.45) is 0 Å². The van der Waals surface area contributed by atoms with E-state index in [2.05, 4.69) is 37.2 Å². The molecule has 2 unspecified atom stereocenters. The topological polar surface area (TPSA) is 49.4 Å². The SMILES string of the molecule is Cc1cc(Br)c(S(=O)(=O)N2CC(C)NC(C)C2)cc1Br. The van der Waals surface area contributed by atoms with E-state index < -0.39 is 10.0 Å². The molecule has 1 saturated heterocycles. The molecule has 20 heavy (non-hydrogen) atoms. The monoisotopic (exact) mass is 424 g/mol. The van der Waals surface area contributed by atoms with E-state index in [1.807, 2.05) is 26.8 Å². The predicted molar refractivity (Wildman–Crippen MR) is 87.4 cm³/mol. The molecule has 2 atom stereocenters. The largest absolute Gasteiger partial charge is 0.309 e. The number of benzene rings is 1. The van der Waals surface area contributed by atoms with E-state index >= 15 is 0 Å². The summed E-state index contributed by atoms with van der Waals surface area (Å²) in [5.41, 5.74) is 0.998. The molecule has 1 fully saturated rings. The van der Waals surface area contributed by atoms with Gasteiger partial charge in [0.05, 0.1) is 4.90 Å². The molecule has 112 valence electrons. The first-order valence-electron chi connectivity index (χ1n) is 6.43. The molecule has 0 radical (unpaired) electrons. The second-order valence-corrected chi connectivity index (χ2v) is 8.94. The average molecular weight is 426 g/mol. The van der Waals surface area contributed by atoms with Crippen molar-refractivity contribution in [2.45, 2.75) is 37.8 Å². The first-order chi connectivity index (χ1) is 9.21. The van der Waals surface area contributed by atoms with Gasteiger partial charge in [-0.1, -0.05) is 15.9 Å². The molecule has 0 bridgehead atoms. The minimum Gasteiger partial charge on any atom is -0.309 e. The van der Waals surface area contributed by atoms with Gasteiger partial charge in [0.15, 0.2) is 0 Å². The predicted octanol–water partition coefficient (Wildman–Crippen LogP) is 2.89. The molecular formula is C13H18Br2N2O2S. The molecule has 1 aliphatic heterocycles. The lowest BCUT2D eigenvalue weighted by atomic mass is 10.2. The van der Waals surface area contributed by atoms with Crippen LogP contribution < -0.4 is 5.32 Å². The fourth-order valence-electron chi connectivity index (χ4n) is 2.44. The van der Waals surface area contributed by atoms with Gasteiger partial charge in [-0.25, -0.2) is 8.42 Å². The van der Waals surface area contributed by atoms with Crippen LogP contribution in [0.25, 0.3) is 0 Å². The van der Waals surface area contributed by atoms with Crippen LogP contribution in [-0.4, -0.2) is 37.9 Å². The fourth-order valence-corrected chi connectivity index (χ4v) is 5.69. The van der Waals surface area contributed by atoms with Crippen LogP contribution in [0.2, 0.25) is 0 Å². The molecule has 1 aromatic rings. The lowest BCUT2D eigenvalue weighted by Gasteiger charge is -2.35. The van der Waals surface area contributed by atoms with Crippen LogP contribution in [0.15, 0.2) is 26.0 Å². The van der Waals surface area contributed by atoms with Gasteiger partial charge in [-0.05, 0) is 54.4 Å². The molecule has 2 rings (SSSR count). The third-order valence-electron chi connectivity index (χ3n) is 3.36. The lowest BCUT2D eigenvalue weighted by Crippen LogP contribution is -2.55. The van der Waals surface area contributed by atoms with E-state index in [1.54, 1.807) is 10.4 Å². The smallest absolute Gasteiger partial charge is 0.244 e. The quantitative estimate of drug-likeness (QED) is 0.792. The van der Waals surface area contributed by atoms with Crippen molar-refractivity contribution in [3.63, 3.8) is 0 Å². The van der Waals surface area contributed by atoms with Gasteiger partial charge in [-0.2, -0.15) is 4.31 Å². The maximum absolute atomic E-state index is 12.8. The number of sulfonamides is 1. The zero-order chi connectivity index (χ0) is 15.1. The molecule has 1 aliphatic rings. The van der Waals surface area contributed by atoms with Crippen molar-refractivity contribution < 1.29 is 8.42 Å². The van der Waals surface area contributed by atoms with Gasteiger partial charge < -0.3 is 5.32 Å². The molecule has 0 aliphatic carbocycles. The fraction of sp³-hybridized carbons (Fsp3) is 0.538. The normalized spacial score (nSPS) is 24.9. The van der Waals surface area contributed by atoms with Gasteiger partial charge in [0.1, 0.15) is 0 Å². The molecule has 0 spiro atoms. The maximum Gasteiger partial charge on any atom is 0.244 e. The standard InChI is InChI=1S/C13H18Br2N2O2S/c1-8-4-12(15)13(5-11(8)14)20(18,19)17-6-9(2)16-10(3)7-17/h4-5,9-10,16H,6-7H2,1-3H3. The number of hydrogen-bond donors (Lipinski definition) is 1. The van der Waals surface area contributed by atoms with Crippen LogP contribution in [0.3, 0.4) is 0 Å². The molecule has 1 heterocycles. The van der Waals surface area contributed by atoms with E-state index in [-0.39, 0.29) is 12.1 Å². The van der Waals surface area contributed by atoms with Gasteiger partial charge in [-0.15, -0.1) is 0 Å². The van der Waals surface area contributed by atoms with Crippen LogP contribution in [0, 0.1) is 6.92 Å². The summed E-state index contributed by atoms with van der Waals surface area (Å²) in [5.74, 6) is 0. The van der Waals surface area contributed by atoms with Gasteiger partial charge in [0.25, 0.3) is 0 Å². The molecule has 0 amide bonds. The minimum absolute atomic E-state index is 0.154. The summed E-state index contributed by atoms with van der Waals surface area (Å²) in [6, 6.07) is 3.81. The van der Waals surface area contributed by atoms with E-state index in [0.717, 1.165) is 10.0 Å². The maximum atomic E-state index is 12.8. The number of halogens is 2. The van der Waals surface area contributed by atoms with Crippen LogP contribution >= 0.6 is 31.9 Å². The van der Waals surface area contributed by atoms with Gasteiger partial charge >= 0.3 is 0 Å². The number of rotatable bonds is 2. The Hall–Kier alpha value is 0.0500. The Morgan fingerprint density at radius 1 is 1.15 bits per heavy atom. The summed E-state index contributed by atoms with van der Waals surface area (Å²) < 4.78 is 28.6. The molecule has 0 aromatic heterocycles. The molecule has 4 nitrogen and oxygen atoms in total. The van der Waals surface area contributed by atoms with Crippen LogP contribution in [0.4, 0.5) is 0 Å². The van der Waals surface area contributed by atoms with Crippen molar-refractivity contribution >= 4 is 41.9 Å². The summed E-state index contributed by atoms with van der Waals surface area (Å²) >= 11 is 6.78. The van der Waals surface area contributed by atoms with Crippen molar-refractivity contribution in [3.8, 4) is 0 Å². The van der Waals surface area contributed by atoms with Crippen molar-refractivity contribution in [3.05, 3.63) is 26.6 Å². The number of piperazine rings is 1. The highest BCUT2D eigenvalue weighted by molar-refractivity contribution is 9.11. The average Bonchev–Trinajstić information content (AvgIpc) is 2.32. The summed E-state index contributed by atoms with van der Waals surface area (Å²) in [5, 5.41) is 3.34. The van der Waals surface area contributed by atoms with Crippen molar-refractivity contribution in [1.29, 1.82) is 0 Å². The third kappa shape index (κ3) is 3.27. The Bertz CT molecular complexity index is 609. The molecule has 1 N–H and O–H groups in total. The molecule has 0 saturated carbocycles. The Labute approximate surface area is 137 Å². The summed E-state index contributed by atoms with van der Waals surface area (Å²) in [6.07, 6.45) is 0. The van der Waals surface area contributed by atoms with Crippen LogP contribution in [0.1, 0.15) is 19.4 Å². The minimum atomic E-state index is -3.48. The first-order valence-corrected chi connectivity index (χ1v) is 9.46. The summed E-state index contributed by atoms with van der Waals surface area (Å²) in [7, 11) is -3.48. The van der Waals surface area contributed by atoms with Gasteiger partial charge in [0.2, 0.25) is 10.0 Å². The Morgan fingerprint density at radius 2 is 1.70 bits per heavy atom. The molecule has 7 heteroatoms. The number of hydrogen-bond acceptors (Lipinski definition) is 3. The Kier molecular flexibility index (Phi) is 4.96. The van der Waals surface area contributed by atoms with Gasteiger partial charge in [0, 0.05) is 34.1 Å². The Balaban J connectivity index is 2.42. The number of aryl methyl sites for hydroxylation is 1. The van der Waals surface area contributed by atoms with Crippen molar-refractivity contribution in [1.82, 2.24) is 9.62 Å². The molecule has 1 aromatic carbocycles. The van der Waals surface area contributed by atoms with E-state index in [9.17, 15) is 8.42 Å². The van der Waals surface area contributed by atoms with Gasteiger partial charge in [-0.3, -0.25) is 0 Å². The van der Waals surface area contributed by atoms with Crippen LogP contribution in [0.5, 0.6) is 0 Å². The summed E-state index contributed by atoms with van der Waals surface area (Å²) in [4.78, 5) is 0.316. The third-order valence-corrected chi connectivity index (χ3v) is 7.00. The highest BCUT2D eigenvalue weighted by atomic mass is 79.9. The lowest BCUT2D eigenvalue weighted by molar-refractivity contribution is 0.263. The summed E-state index contributed by atoms with van der Waals surface area (Å²) in [6.45, 7) is 6.91. The van der Waals surface area contributed by atoms with E-state index in [0.29, 0.717) is 22.5 Å². The number of nitrogens with one attached hydrogen (secondary N) is 1. The highest BCUT2D eigenvalue weighted by Gasteiger charge is 2.32. The second-order valence-electron chi connectivity index (χ2n) is 5.32. The highest BCUT2D eigenvalue weighted by Crippen LogP contribution is 2.31.